The van der Waals surface area contributed by atoms with Crippen molar-refractivity contribution in [3.63, 3.8) is 0 Å². The van der Waals surface area contributed by atoms with Crippen LogP contribution in [0.4, 0.5) is 16.2 Å². The molecule has 7 nitrogen and oxygen atoms in total. The van der Waals surface area contributed by atoms with Gasteiger partial charge in [-0.3, -0.25) is 9.69 Å². The first-order chi connectivity index (χ1) is 13.5. The Bertz CT molecular complexity index is 888. The summed E-state index contributed by atoms with van der Waals surface area (Å²) in [4.78, 5) is 34.7. The Morgan fingerprint density at radius 1 is 1.04 bits per heavy atom. The highest BCUT2D eigenvalue weighted by Gasteiger charge is 2.25. The van der Waals surface area contributed by atoms with Crippen LogP contribution in [0.3, 0.4) is 0 Å². The lowest BCUT2D eigenvalue weighted by molar-refractivity contribution is 0.0741. The van der Waals surface area contributed by atoms with Gasteiger partial charge in [-0.15, -0.1) is 0 Å². The van der Waals surface area contributed by atoms with Gasteiger partial charge in [0, 0.05) is 45.0 Å². The van der Waals surface area contributed by atoms with Gasteiger partial charge in [0.05, 0.1) is 11.9 Å². The molecule has 2 saturated heterocycles. The van der Waals surface area contributed by atoms with Gasteiger partial charge in [-0.25, -0.2) is 9.78 Å². The molecule has 1 N–H and O–H groups in total. The molecule has 2 aliphatic heterocycles. The average molecular weight is 379 g/mol. The summed E-state index contributed by atoms with van der Waals surface area (Å²) in [5.74, 6) is -0.0577. The zero-order chi connectivity index (χ0) is 19.7. The minimum absolute atomic E-state index is 0.0577. The van der Waals surface area contributed by atoms with E-state index in [2.05, 4.69) is 47.2 Å². The number of aryl methyl sites for hydroxylation is 2. The maximum Gasteiger partial charge on any atom is 0.322 e. The molecule has 3 amide bonds. The minimum atomic E-state index is -0.122. The second-order valence-electron chi connectivity index (χ2n) is 7.35. The van der Waals surface area contributed by atoms with Gasteiger partial charge in [0.25, 0.3) is 5.91 Å². The third kappa shape index (κ3) is 3.52. The second kappa shape index (κ2) is 7.50. The Hall–Kier alpha value is -3.09. The number of hydrogen-bond donors (Lipinski definition) is 1. The molecule has 0 spiro atoms. The number of nitrogens with zero attached hydrogens (tertiary/aromatic N) is 4. The summed E-state index contributed by atoms with van der Waals surface area (Å²) in [5, 5.41) is 2.76. The molecule has 2 aromatic rings. The molecule has 0 unspecified atom stereocenters. The topological polar surface area (TPSA) is 68.8 Å². The van der Waals surface area contributed by atoms with E-state index in [1.807, 2.05) is 4.90 Å². The van der Waals surface area contributed by atoms with E-state index in [9.17, 15) is 9.59 Å². The summed E-state index contributed by atoms with van der Waals surface area (Å²) < 4.78 is 0. The maximum absolute atomic E-state index is 12.8. The van der Waals surface area contributed by atoms with Crippen LogP contribution in [0.15, 0.2) is 36.5 Å². The van der Waals surface area contributed by atoms with Crippen LogP contribution in [0.25, 0.3) is 0 Å². The van der Waals surface area contributed by atoms with Gasteiger partial charge >= 0.3 is 6.03 Å². The number of rotatable bonds is 3. The maximum atomic E-state index is 12.8. The molecule has 1 aromatic heterocycles. The number of amides is 3. The van der Waals surface area contributed by atoms with Crippen molar-refractivity contribution < 1.29 is 9.59 Å². The van der Waals surface area contributed by atoms with E-state index >= 15 is 0 Å². The Balaban J connectivity index is 1.39. The molecule has 0 atom stereocenters. The molecule has 2 aliphatic rings. The van der Waals surface area contributed by atoms with Crippen molar-refractivity contribution in [2.24, 2.45) is 0 Å². The molecule has 1 aromatic carbocycles. The predicted octanol–water partition coefficient (Wildman–Crippen LogP) is 2.19. The SMILES string of the molecule is Cc1ccc(N2CCN(C(=O)c3ccc(N4CCNC4=O)cn3)CC2)c(C)c1. The van der Waals surface area contributed by atoms with Gasteiger partial charge < -0.3 is 15.1 Å². The number of piperazine rings is 1. The summed E-state index contributed by atoms with van der Waals surface area (Å²) >= 11 is 0. The van der Waals surface area contributed by atoms with Gasteiger partial charge in [-0.05, 0) is 37.6 Å². The highest BCUT2D eigenvalue weighted by molar-refractivity contribution is 5.95. The standard InChI is InChI=1S/C21H25N5O2/c1-15-3-6-19(16(2)13-15)24-9-11-25(12-10-24)20(27)18-5-4-17(14-23-18)26-8-7-22-21(26)28/h3-6,13-14H,7-12H2,1-2H3,(H,22,28). The summed E-state index contributed by atoms with van der Waals surface area (Å²) in [5.41, 5.74) is 4.90. The Kier molecular flexibility index (Phi) is 4.90. The Labute approximate surface area is 164 Å². The number of aromatic nitrogens is 1. The molecule has 28 heavy (non-hydrogen) atoms. The lowest BCUT2D eigenvalue weighted by atomic mass is 10.1. The molecule has 0 saturated carbocycles. The number of carbonyl (C=O) groups excluding carboxylic acids is 2. The molecule has 0 aliphatic carbocycles. The summed E-state index contributed by atoms with van der Waals surface area (Å²) in [6.07, 6.45) is 1.60. The van der Waals surface area contributed by atoms with Crippen molar-refractivity contribution in [3.8, 4) is 0 Å². The normalized spacial score (nSPS) is 17.1. The monoisotopic (exact) mass is 379 g/mol. The van der Waals surface area contributed by atoms with Gasteiger partial charge in [-0.2, -0.15) is 0 Å². The van der Waals surface area contributed by atoms with E-state index in [0.29, 0.717) is 37.6 Å². The fourth-order valence-electron chi connectivity index (χ4n) is 3.86. The quantitative estimate of drug-likeness (QED) is 0.888. The fourth-order valence-corrected chi connectivity index (χ4v) is 3.86. The van der Waals surface area contributed by atoms with E-state index < -0.39 is 0 Å². The lowest BCUT2D eigenvalue weighted by Crippen LogP contribution is -2.49. The van der Waals surface area contributed by atoms with E-state index in [1.165, 1.54) is 16.8 Å². The molecule has 0 radical (unpaired) electrons. The summed E-state index contributed by atoms with van der Waals surface area (Å²) in [7, 11) is 0. The Morgan fingerprint density at radius 3 is 2.43 bits per heavy atom. The predicted molar refractivity (Wildman–Crippen MR) is 109 cm³/mol. The summed E-state index contributed by atoms with van der Waals surface area (Å²) in [6, 6.07) is 9.86. The first-order valence-corrected chi connectivity index (χ1v) is 9.66. The number of pyridine rings is 1. The highest BCUT2D eigenvalue weighted by atomic mass is 16.2. The number of urea groups is 1. The summed E-state index contributed by atoms with van der Waals surface area (Å²) in [6.45, 7) is 8.43. The van der Waals surface area contributed by atoms with Gasteiger partial charge in [0.1, 0.15) is 5.69 Å². The largest absolute Gasteiger partial charge is 0.368 e. The van der Waals surface area contributed by atoms with E-state index in [0.717, 1.165) is 13.1 Å². The van der Waals surface area contributed by atoms with Crippen molar-refractivity contribution in [1.82, 2.24) is 15.2 Å². The lowest BCUT2D eigenvalue weighted by Gasteiger charge is -2.36. The number of carbonyl (C=O) groups is 2. The van der Waals surface area contributed by atoms with Crippen LogP contribution in [-0.2, 0) is 0 Å². The molecule has 3 heterocycles. The number of benzene rings is 1. The molecule has 146 valence electrons. The second-order valence-corrected chi connectivity index (χ2v) is 7.35. The molecule has 4 rings (SSSR count). The van der Waals surface area contributed by atoms with Gasteiger partial charge in [0.15, 0.2) is 0 Å². The van der Waals surface area contributed by atoms with Crippen LogP contribution in [0.5, 0.6) is 0 Å². The number of anilines is 2. The molecule has 0 bridgehead atoms. The molecular weight excluding hydrogens is 354 g/mol. The number of nitrogens with one attached hydrogen (secondary N) is 1. The van der Waals surface area contributed by atoms with E-state index in [4.69, 9.17) is 0 Å². The average Bonchev–Trinajstić information content (AvgIpc) is 3.14. The van der Waals surface area contributed by atoms with E-state index in [-0.39, 0.29) is 11.9 Å². The third-order valence-electron chi connectivity index (χ3n) is 5.40. The molecule has 7 heteroatoms. The highest BCUT2D eigenvalue weighted by Crippen LogP contribution is 2.23. The third-order valence-corrected chi connectivity index (χ3v) is 5.40. The first kappa shape index (κ1) is 18.3. The number of hydrogen-bond acceptors (Lipinski definition) is 4. The van der Waals surface area contributed by atoms with Crippen LogP contribution < -0.4 is 15.1 Å². The molecule has 2 fully saturated rings. The van der Waals surface area contributed by atoms with Crippen LogP contribution in [0.2, 0.25) is 0 Å². The van der Waals surface area contributed by atoms with Crippen LogP contribution in [0, 0.1) is 13.8 Å². The van der Waals surface area contributed by atoms with Crippen molar-refractivity contribution in [1.29, 1.82) is 0 Å². The van der Waals surface area contributed by atoms with Crippen LogP contribution >= 0.6 is 0 Å². The van der Waals surface area contributed by atoms with Gasteiger partial charge in [-0.1, -0.05) is 17.7 Å². The fraction of sp³-hybridized carbons (Fsp3) is 0.381. The molecular formula is C21H25N5O2. The van der Waals surface area contributed by atoms with Gasteiger partial charge in [0.2, 0.25) is 0 Å². The smallest absolute Gasteiger partial charge is 0.322 e. The first-order valence-electron chi connectivity index (χ1n) is 9.66. The van der Waals surface area contributed by atoms with Crippen LogP contribution in [0.1, 0.15) is 21.6 Å². The van der Waals surface area contributed by atoms with Crippen molar-refractivity contribution in [2.75, 3.05) is 49.1 Å². The van der Waals surface area contributed by atoms with E-state index in [1.54, 1.807) is 23.2 Å². The zero-order valence-corrected chi connectivity index (χ0v) is 16.3. The van der Waals surface area contributed by atoms with Crippen molar-refractivity contribution >= 4 is 23.3 Å². The minimum Gasteiger partial charge on any atom is -0.368 e. The zero-order valence-electron chi connectivity index (χ0n) is 16.3. The van der Waals surface area contributed by atoms with Crippen molar-refractivity contribution in [3.05, 3.63) is 53.3 Å². The Morgan fingerprint density at radius 2 is 1.82 bits per heavy atom. The van der Waals surface area contributed by atoms with Crippen LogP contribution in [-0.4, -0.2) is 61.1 Å². The van der Waals surface area contributed by atoms with Crippen molar-refractivity contribution in [2.45, 2.75) is 13.8 Å².